The first kappa shape index (κ1) is 19.1. The van der Waals surface area contributed by atoms with Gasteiger partial charge in [0.05, 0.1) is 5.69 Å². The number of rotatable bonds is 6. The van der Waals surface area contributed by atoms with Crippen LogP contribution in [0.25, 0.3) is 4.96 Å². The van der Waals surface area contributed by atoms with Crippen molar-refractivity contribution < 1.29 is 14.3 Å². The fourth-order valence-corrected chi connectivity index (χ4v) is 3.79. The van der Waals surface area contributed by atoms with Crippen molar-refractivity contribution in [2.24, 2.45) is 0 Å². The minimum atomic E-state index is -0.509. The van der Waals surface area contributed by atoms with Gasteiger partial charge in [-0.1, -0.05) is 19.9 Å². The number of carbonyl (C=O) groups excluding carboxylic acids is 1. The summed E-state index contributed by atoms with van der Waals surface area (Å²) in [6.07, 6.45) is 0. The van der Waals surface area contributed by atoms with Gasteiger partial charge >= 0.3 is 5.97 Å². The molecule has 2 heterocycles. The number of hydrogen-bond donors (Lipinski definition) is 0. The second-order valence-electron chi connectivity index (χ2n) is 6.70. The summed E-state index contributed by atoms with van der Waals surface area (Å²) in [5.41, 5.74) is 3.46. The molecule has 0 aliphatic rings. The number of esters is 1. The lowest BCUT2D eigenvalue weighted by Crippen LogP contribution is -2.18. The molecule has 0 aliphatic heterocycles. The summed E-state index contributed by atoms with van der Waals surface area (Å²) in [6, 6.07) is 7.16. The van der Waals surface area contributed by atoms with Crippen molar-refractivity contribution >= 4 is 22.3 Å². The van der Waals surface area contributed by atoms with Gasteiger partial charge in [-0.05, 0) is 43.0 Å². The molecular formula is C20H22N2O4S. The van der Waals surface area contributed by atoms with Gasteiger partial charge in [-0.3, -0.25) is 9.20 Å². The third kappa shape index (κ3) is 4.36. The topological polar surface area (TPSA) is 69.9 Å². The number of nitrogens with zero attached hydrogens (tertiary/aromatic N) is 2. The summed E-state index contributed by atoms with van der Waals surface area (Å²) in [6.45, 7) is 7.88. The van der Waals surface area contributed by atoms with E-state index < -0.39 is 5.97 Å². The Bertz CT molecular complexity index is 1040. The van der Waals surface area contributed by atoms with E-state index in [1.165, 1.54) is 27.4 Å². The second-order valence-corrected chi connectivity index (χ2v) is 7.54. The average Bonchev–Trinajstić information content (AvgIpc) is 2.99. The molecule has 0 saturated carbocycles. The SMILES string of the molecule is Cc1cc(OCC(=O)OCc2cc(=O)n3c(C)csc3n2)ccc1C(C)C. The number of hydrogen-bond acceptors (Lipinski definition) is 6. The van der Waals surface area contributed by atoms with E-state index in [1.54, 1.807) is 0 Å². The lowest BCUT2D eigenvalue weighted by molar-refractivity contribution is -0.147. The maximum atomic E-state index is 12.1. The molecule has 142 valence electrons. The van der Waals surface area contributed by atoms with Gasteiger partial charge < -0.3 is 9.47 Å². The quantitative estimate of drug-likeness (QED) is 0.605. The number of carbonyl (C=O) groups is 1. The first-order valence-electron chi connectivity index (χ1n) is 8.71. The van der Waals surface area contributed by atoms with Gasteiger partial charge in [-0.2, -0.15) is 0 Å². The highest BCUT2D eigenvalue weighted by atomic mass is 32.1. The Morgan fingerprint density at radius 1 is 1.26 bits per heavy atom. The van der Waals surface area contributed by atoms with Crippen LogP contribution >= 0.6 is 11.3 Å². The predicted octanol–water partition coefficient (Wildman–Crippen LogP) is 3.62. The summed E-state index contributed by atoms with van der Waals surface area (Å²) in [4.78, 5) is 29.0. The normalized spacial score (nSPS) is 11.1. The molecule has 0 radical (unpaired) electrons. The molecule has 0 amide bonds. The molecule has 0 spiro atoms. The summed E-state index contributed by atoms with van der Waals surface area (Å²) in [7, 11) is 0. The molecule has 27 heavy (non-hydrogen) atoms. The lowest BCUT2D eigenvalue weighted by Gasteiger charge is -2.12. The second kappa shape index (κ2) is 7.92. The molecule has 7 heteroatoms. The van der Waals surface area contributed by atoms with Gasteiger partial charge in [0.15, 0.2) is 11.6 Å². The zero-order chi connectivity index (χ0) is 19.6. The molecule has 0 atom stereocenters. The van der Waals surface area contributed by atoms with Gasteiger partial charge in [0.2, 0.25) is 0 Å². The molecule has 0 saturated heterocycles. The lowest BCUT2D eigenvalue weighted by atomic mass is 9.98. The molecule has 2 aromatic heterocycles. The van der Waals surface area contributed by atoms with Crippen LogP contribution in [0.5, 0.6) is 5.75 Å². The molecule has 6 nitrogen and oxygen atoms in total. The van der Waals surface area contributed by atoms with Crippen LogP contribution in [0.15, 0.2) is 34.4 Å². The summed E-state index contributed by atoms with van der Waals surface area (Å²) >= 11 is 1.38. The minimum Gasteiger partial charge on any atom is -0.482 e. The van der Waals surface area contributed by atoms with Crippen LogP contribution in [-0.4, -0.2) is 22.0 Å². The van der Waals surface area contributed by atoms with E-state index in [0.717, 1.165) is 11.3 Å². The zero-order valence-corrected chi connectivity index (χ0v) is 16.6. The number of fused-ring (bicyclic) bond motifs is 1. The van der Waals surface area contributed by atoms with Crippen LogP contribution in [-0.2, 0) is 16.1 Å². The Balaban J connectivity index is 1.57. The minimum absolute atomic E-state index is 0.0593. The number of thiazole rings is 1. The van der Waals surface area contributed by atoms with E-state index in [4.69, 9.17) is 9.47 Å². The highest BCUT2D eigenvalue weighted by Gasteiger charge is 2.10. The van der Waals surface area contributed by atoms with E-state index in [-0.39, 0.29) is 18.8 Å². The Labute approximate surface area is 161 Å². The molecule has 3 rings (SSSR count). The van der Waals surface area contributed by atoms with E-state index in [9.17, 15) is 9.59 Å². The van der Waals surface area contributed by atoms with Crippen LogP contribution < -0.4 is 10.3 Å². The highest BCUT2D eigenvalue weighted by molar-refractivity contribution is 7.15. The maximum Gasteiger partial charge on any atom is 0.344 e. The third-order valence-corrected chi connectivity index (χ3v) is 5.17. The van der Waals surface area contributed by atoms with Crippen LogP contribution in [0.2, 0.25) is 0 Å². The standard InChI is InChI=1S/C20H22N2O4S/c1-12(2)17-6-5-16(7-13(17)3)25-10-19(24)26-9-15-8-18(23)22-14(4)11-27-20(22)21-15/h5-8,11-12H,9-10H2,1-4H3. The monoisotopic (exact) mass is 386 g/mol. The van der Waals surface area contributed by atoms with Crippen molar-refractivity contribution in [2.75, 3.05) is 6.61 Å². The maximum absolute atomic E-state index is 12.1. The largest absolute Gasteiger partial charge is 0.482 e. The molecule has 0 N–H and O–H groups in total. The molecule has 1 aromatic carbocycles. The van der Waals surface area contributed by atoms with Gasteiger partial charge in [-0.15, -0.1) is 11.3 Å². The number of benzene rings is 1. The smallest absolute Gasteiger partial charge is 0.344 e. The molecule has 3 aromatic rings. The molecular weight excluding hydrogens is 364 g/mol. The Morgan fingerprint density at radius 2 is 2.04 bits per heavy atom. The number of aryl methyl sites for hydroxylation is 2. The fraction of sp³-hybridized carbons (Fsp3) is 0.350. The summed E-state index contributed by atoms with van der Waals surface area (Å²) in [5.74, 6) is 0.552. The van der Waals surface area contributed by atoms with Crippen molar-refractivity contribution in [1.29, 1.82) is 0 Å². The first-order valence-corrected chi connectivity index (χ1v) is 9.59. The van der Waals surface area contributed by atoms with Crippen molar-refractivity contribution in [2.45, 2.75) is 40.2 Å². The molecule has 0 bridgehead atoms. The van der Waals surface area contributed by atoms with Gasteiger partial charge in [0.25, 0.3) is 5.56 Å². The van der Waals surface area contributed by atoms with E-state index in [2.05, 4.69) is 18.8 Å². The third-order valence-electron chi connectivity index (χ3n) is 4.23. The van der Waals surface area contributed by atoms with Gasteiger partial charge in [-0.25, -0.2) is 9.78 Å². The van der Waals surface area contributed by atoms with Crippen molar-refractivity contribution in [3.63, 3.8) is 0 Å². The van der Waals surface area contributed by atoms with Gasteiger partial charge in [0, 0.05) is 17.1 Å². The van der Waals surface area contributed by atoms with Crippen molar-refractivity contribution in [3.05, 3.63) is 62.5 Å². The summed E-state index contributed by atoms with van der Waals surface area (Å²) < 4.78 is 12.2. The molecule has 0 aliphatic carbocycles. The van der Waals surface area contributed by atoms with E-state index in [1.807, 2.05) is 37.4 Å². The van der Waals surface area contributed by atoms with E-state index in [0.29, 0.717) is 22.3 Å². The summed E-state index contributed by atoms with van der Waals surface area (Å²) in [5, 5.41) is 1.86. The van der Waals surface area contributed by atoms with Crippen molar-refractivity contribution in [3.8, 4) is 5.75 Å². The van der Waals surface area contributed by atoms with Crippen LogP contribution in [0.4, 0.5) is 0 Å². The molecule has 0 unspecified atom stereocenters. The Kier molecular flexibility index (Phi) is 5.60. The fourth-order valence-electron chi connectivity index (χ4n) is 2.90. The highest BCUT2D eigenvalue weighted by Crippen LogP contribution is 2.23. The zero-order valence-electron chi connectivity index (χ0n) is 15.8. The average molecular weight is 386 g/mol. The Morgan fingerprint density at radius 3 is 2.74 bits per heavy atom. The van der Waals surface area contributed by atoms with Gasteiger partial charge in [0.1, 0.15) is 12.4 Å². The number of ether oxygens (including phenoxy) is 2. The first-order chi connectivity index (χ1) is 12.8. The molecule has 0 fully saturated rings. The van der Waals surface area contributed by atoms with Crippen LogP contribution in [0.1, 0.15) is 42.3 Å². The van der Waals surface area contributed by atoms with Crippen molar-refractivity contribution in [1.82, 2.24) is 9.38 Å². The van der Waals surface area contributed by atoms with E-state index >= 15 is 0 Å². The van der Waals surface area contributed by atoms with Crippen LogP contribution in [0.3, 0.4) is 0 Å². The predicted molar refractivity (Wildman–Crippen MR) is 105 cm³/mol. The Hall–Kier alpha value is -2.67. The van der Waals surface area contributed by atoms with Crippen LogP contribution in [0, 0.1) is 13.8 Å². The number of aromatic nitrogens is 2.